The number of amides is 2. The lowest BCUT2D eigenvalue weighted by Gasteiger charge is -2.18. The number of aryl methyl sites for hydroxylation is 2. The quantitative estimate of drug-likeness (QED) is 0.487. The lowest BCUT2D eigenvalue weighted by molar-refractivity contribution is -0.143. The number of carboxylic acids is 1. The van der Waals surface area contributed by atoms with E-state index in [9.17, 15) is 19.2 Å². The van der Waals surface area contributed by atoms with E-state index < -0.39 is 29.5 Å². The van der Waals surface area contributed by atoms with E-state index in [4.69, 9.17) is 14.3 Å². The molecule has 1 aromatic carbocycles. The molecule has 0 radical (unpaired) electrons. The molecule has 9 nitrogen and oxygen atoms in total. The minimum absolute atomic E-state index is 0.299. The fourth-order valence-electron chi connectivity index (χ4n) is 3.16. The Bertz CT molecular complexity index is 1030. The summed E-state index contributed by atoms with van der Waals surface area (Å²) in [6, 6.07) is 3.87. The molecule has 0 spiro atoms. The van der Waals surface area contributed by atoms with Crippen LogP contribution in [-0.2, 0) is 20.8 Å². The van der Waals surface area contributed by atoms with Crippen molar-refractivity contribution in [2.24, 2.45) is 5.92 Å². The molecule has 1 heterocycles. The highest BCUT2D eigenvalue weighted by molar-refractivity contribution is 5.90. The first kappa shape index (κ1) is 23.9. The number of carbonyl (C=O) groups is 3. The summed E-state index contributed by atoms with van der Waals surface area (Å²) in [5.41, 5.74) is 1.51. The van der Waals surface area contributed by atoms with Crippen molar-refractivity contribution in [3.63, 3.8) is 0 Å². The van der Waals surface area contributed by atoms with Crippen molar-refractivity contribution in [3.05, 3.63) is 39.7 Å². The van der Waals surface area contributed by atoms with Crippen molar-refractivity contribution in [3.8, 4) is 5.75 Å². The molecule has 1 aromatic heterocycles. The lowest BCUT2D eigenvalue weighted by atomic mass is 10.0. The molecule has 1 atom stereocenters. The Morgan fingerprint density at radius 2 is 1.87 bits per heavy atom. The molecule has 0 unspecified atom stereocenters. The van der Waals surface area contributed by atoms with Gasteiger partial charge in [0.1, 0.15) is 17.4 Å². The van der Waals surface area contributed by atoms with E-state index in [0.29, 0.717) is 23.1 Å². The Balaban J connectivity index is 2.06. The number of carbonyl (C=O) groups excluding carboxylic acids is 2. The number of ether oxygens (including phenoxy) is 1. The highest BCUT2D eigenvalue weighted by Gasteiger charge is 2.23. The van der Waals surface area contributed by atoms with Crippen LogP contribution in [0.3, 0.4) is 0 Å². The van der Waals surface area contributed by atoms with Gasteiger partial charge in [-0.1, -0.05) is 27.2 Å². The summed E-state index contributed by atoms with van der Waals surface area (Å²) in [7, 11) is 0. The summed E-state index contributed by atoms with van der Waals surface area (Å²) < 4.78 is 11.0. The number of carboxylic acid groups (broad SMARTS) is 1. The molecule has 9 heteroatoms. The van der Waals surface area contributed by atoms with Crippen molar-refractivity contribution >= 4 is 28.8 Å². The SMILES string of the molecule is CCCc1cc(=O)oc2cc(C)cc(OCC(=O)NCC(=O)N[C@H](C(=O)O)C(C)C)c12. The van der Waals surface area contributed by atoms with Gasteiger partial charge >= 0.3 is 11.6 Å². The minimum Gasteiger partial charge on any atom is -0.483 e. The van der Waals surface area contributed by atoms with Crippen LogP contribution in [-0.4, -0.2) is 42.1 Å². The van der Waals surface area contributed by atoms with Crippen molar-refractivity contribution in [1.82, 2.24) is 10.6 Å². The van der Waals surface area contributed by atoms with Gasteiger partial charge in [-0.05, 0) is 42.5 Å². The molecule has 31 heavy (non-hydrogen) atoms. The molecule has 168 valence electrons. The maximum Gasteiger partial charge on any atom is 0.336 e. The highest BCUT2D eigenvalue weighted by Crippen LogP contribution is 2.30. The minimum atomic E-state index is -1.14. The smallest absolute Gasteiger partial charge is 0.336 e. The van der Waals surface area contributed by atoms with E-state index in [1.165, 1.54) is 6.07 Å². The fraction of sp³-hybridized carbons (Fsp3) is 0.455. The second kappa shape index (κ2) is 10.6. The maximum absolute atomic E-state index is 12.2. The third-order valence-electron chi connectivity index (χ3n) is 4.61. The number of nitrogens with one attached hydrogen (secondary N) is 2. The van der Waals surface area contributed by atoms with Crippen LogP contribution in [0.15, 0.2) is 27.4 Å². The summed E-state index contributed by atoms with van der Waals surface area (Å²) >= 11 is 0. The second-order valence-corrected chi connectivity index (χ2v) is 7.67. The van der Waals surface area contributed by atoms with Gasteiger partial charge in [0.05, 0.1) is 11.9 Å². The van der Waals surface area contributed by atoms with E-state index in [1.807, 2.05) is 13.8 Å². The Kier molecular flexibility index (Phi) is 8.18. The van der Waals surface area contributed by atoms with Gasteiger partial charge < -0.3 is 24.9 Å². The van der Waals surface area contributed by atoms with Gasteiger partial charge in [-0.25, -0.2) is 9.59 Å². The van der Waals surface area contributed by atoms with Crippen LogP contribution in [0.4, 0.5) is 0 Å². The van der Waals surface area contributed by atoms with Gasteiger partial charge in [-0.3, -0.25) is 9.59 Å². The zero-order valence-electron chi connectivity index (χ0n) is 18.1. The molecule has 0 saturated carbocycles. The van der Waals surface area contributed by atoms with Gasteiger partial charge in [0.25, 0.3) is 5.91 Å². The van der Waals surface area contributed by atoms with Gasteiger partial charge in [0.15, 0.2) is 6.61 Å². The van der Waals surface area contributed by atoms with Crippen molar-refractivity contribution < 1.29 is 28.6 Å². The van der Waals surface area contributed by atoms with Crippen LogP contribution in [0.1, 0.15) is 38.3 Å². The molecule has 0 aliphatic rings. The first-order chi connectivity index (χ1) is 14.6. The molecule has 3 N–H and O–H groups in total. The van der Waals surface area contributed by atoms with Gasteiger partial charge in [0.2, 0.25) is 5.91 Å². The van der Waals surface area contributed by atoms with E-state index in [2.05, 4.69) is 10.6 Å². The first-order valence-electron chi connectivity index (χ1n) is 10.1. The largest absolute Gasteiger partial charge is 0.483 e. The van der Waals surface area contributed by atoms with E-state index >= 15 is 0 Å². The van der Waals surface area contributed by atoms with Crippen LogP contribution >= 0.6 is 0 Å². The Hall–Kier alpha value is -3.36. The number of hydrogen-bond acceptors (Lipinski definition) is 6. The summed E-state index contributed by atoms with van der Waals surface area (Å²) in [6.45, 7) is 6.42. The lowest BCUT2D eigenvalue weighted by Crippen LogP contribution is -2.48. The van der Waals surface area contributed by atoms with E-state index in [0.717, 1.165) is 17.5 Å². The first-order valence-corrected chi connectivity index (χ1v) is 10.1. The molecule has 0 aliphatic heterocycles. The zero-order valence-corrected chi connectivity index (χ0v) is 18.1. The van der Waals surface area contributed by atoms with E-state index in [1.54, 1.807) is 26.0 Å². The Morgan fingerprint density at radius 3 is 2.48 bits per heavy atom. The molecule has 0 aliphatic carbocycles. The van der Waals surface area contributed by atoms with Crippen LogP contribution in [0.25, 0.3) is 11.0 Å². The number of aliphatic carboxylic acids is 1. The third-order valence-corrected chi connectivity index (χ3v) is 4.61. The average Bonchev–Trinajstić information content (AvgIpc) is 2.67. The average molecular weight is 432 g/mol. The summed E-state index contributed by atoms with van der Waals surface area (Å²) in [6.07, 6.45) is 1.46. The number of fused-ring (bicyclic) bond motifs is 1. The van der Waals surface area contributed by atoms with E-state index in [-0.39, 0.29) is 19.1 Å². The molecule has 0 saturated heterocycles. The molecule has 0 bridgehead atoms. The predicted molar refractivity (Wildman–Crippen MR) is 114 cm³/mol. The summed E-state index contributed by atoms with van der Waals surface area (Å²) in [5.74, 6) is -2.18. The standard InChI is InChI=1S/C22H28N2O7/c1-5-6-14-9-19(27)31-16-8-13(4)7-15(20(14)16)30-11-18(26)23-10-17(25)24-21(12(2)3)22(28)29/h7-9,12,21H,5-6,10-11H2,1-4H3,(H,23,26)(H,24,25)(H,28,29)/t21-/m0/s1. The summed E-state index contributed by atoms with van der Waals surface area (Å²) in [4.78, 5) is 47.1. The summed E-state index contributed by atoms with van der Waals surface area (Å²) in [5, 5.41) is 14.5. The van der Waals surface area contributed by atoms with Crippen molar-refractivity contribution in [1.29, 1.82) is 0 Å². The van der Waals surface area contributed by atoms with Gasteiger partial charge in [-0.15, -0.1) is 0 Å². The molecular weight excluding hydrogens is 404 g/mol. The Labute approximate surface area is 179 Å². The molecule has 2 rings (SSSR count). The number of rotatable bonds is 10. The number of benzene rings is 1. The van der Waals surface area contributed by atoms with Crippen molar-refractivity contribution in [2.75, 3.05) is 13.2 Å². The zero-order chi connectivity index (χ0) is 23.1. The van der Waals surface area contributed by atoms with Crippen LogP contribution in [0.5, 0.6) is 5.75 Å². The normalized spacial score (nSPS) is 11.9. The van der Waals surface area contributed by atoms with Gasteiger partial charge in [0, 0.05) is 6.07 Å². The van der Waals surface area contributed by atoms with Crippen LogP contribution < -0.4 is 21.0 Å². The third kappa shape index (κ3) is 6.56. The second-order valence-electron chi connectivity index (χ2n) is 7.67. The van der Waals surface area contributed by atoms with Crippen molar-refractivity contribution in [2.45, 2.75) is 46.6 Å². The molecule has 2 amide bonds. The molecule has 2 aromatic rings. The fourth-order valence-corrected chi connectivity index (χ4v) is 3.16. The van der Waals surface area contributed by atoms with Gasteiger partial charge in [-0.2, -0.15) is 0 Å². The van der Waals surface area contributed by atoms with Crippen LogP contribution in [0, 0.1) is 12.8 Å². The van der Waals surface area contributed by atoms with Crippen LogP contribution in [0.2, 0.25) is 0 Å². The molecular formula is C22H28N2O7. The monoisotopic (exact) mass is 432 g/mol. The Morgan fingerprint density at radius 1 is 1.16 bits per heavy atom. The molecule has 0 fully saturated rings. The predicted octanol–water partition coefficient (Wildman–Crippen LogP) is 1.77. The highest BCUT2D eigenvalue weighted by atomic mass is 16.5. The number of hydrogen-bond donors (Lipinski definition) is 3. The topological polar surface area (TPSA) is 135 Å². The maximum atomic E-state index is 12.2.